The van der Waals surface area contributed by atoms with Crippen LogP contribution in [0.5, 0.6) is 0 Å². The fourth-order valence-electron chi connectivity index (χ4n) is 2.51. The maximum Gasteiger partial charge on any atom is 0.410 e. The fourth-order valence-corrected chi connectivity index (χ4v) is 2.51. The summed E-state index contributed by atoms with van der Waals surface area (Å²) in [5.74, 6) is 1.41. The Balaban J connectivity index is 1.74. The first-order valence-electron chi connectivity index (χ1n) is 7.61. The van der Waals surface area contributed by atoms with E-state index in [1.54, 1.807) is 6.20 Å². The molecule has 1 unspecified atom stereocenters. The fraction of sp³-hybridized carbons (Fsp3) is 0.733. The number of likely N-dealkylation sites (tertiary alicyclic amines) is 1. The number of H-pyrrole nitrogens is 1. The first-order valence-corrected chi connectivity index (χ1v) is 7.61. The Morgan fingerprint density at radius 2 is 2.38 bits per heavy atom. The van der Waals surface area contributed by atoms with E-state index < -0.39 is 5.60 Å². The zero-order chi connectivity index (χ0) is 15.3. The molecule has 1 amide bonds. The molecule has 6 heteroatoms. The Morgan fingerprint density at radius 3 is 3.05 bits per heavy atom. The standard InChI is InChI=1S/C15H26N4O2/c1-15(2,3)21-14(20)19-8-4-5-12(11-19)9-16-10-13-17-6-7-18-13/h6-7,12,16H,4-5,8-11H2,1-3H3,(H,17,18). The second kappa shape index (κ2) is 6.93. The molecular weight excluding hydrogens is 268 g/mol. The van der Waals surface area contributed by atoms with E-state index in [1.165, 1.54) is 0 Å². The Hall–Kier alpha value is -1.56. The molecule has 1 aliphatic heterocycles. The van der Waals surface area contributed by atoms with E-state index in [0.29, 0.717) is 5.92 Å². The summed E-state index contributed by atoms with van der Waals surface area (Å²) in [6.45, 7) is 8.88. The lowest BCUT2D eigenvalue weighted by Gasteiger charge is -2.34. The molecule has 1 aromatic rings. The molecule has 0 saturated carbocycles. The summed E-state index contributed by atoms with van der Waals surface area (Å²) in [6.07, 6.45) is 5.55. The highest BCUT2D eigenvalue weighted by atomic mass is 16.6. The molecular formula is C15H26N4O2. The number of imidazole rings is 1. The van der Waals surface area contributed by atoms with E-state index in [0.717, 1.165) is 44.8 Å². The number of hydrogen-bond donors (Lipinski definition) is 2. The van der Waals surface area contributed by atoms with Gasteiger partial charge in [-0.15, -0.1) is 0 Å². The molecule has 1 atom stereocenters. The third kappa shape index (κ3) is 5.38. The Labute approximate surface area is 126 Å². The van der Waals surface area contributed by atoms with E-state index >= 15 is 0 Å². The molecule has 2 heterocycles. The van der Waals surface area contributed by atoms with E-state index in [1.807, 2.05) is 31.9 Å². The second-order valence-corrected chi connectivity index (χ2v) is 6.60. The number of piperidine rings is 1. The normalized spacial score (nSPS) is 19.6. The van der Waals surface area contributed by atoms with Crippen LogP contribution in [-0.2, 0) is 11.3 Å². The molecule has 2 N–H and O–H groups in total. The number of amides is 1. The van der Waals surface area contributed by atoms with Crippen molar-refractivity contribution in [1.82, 2.24) is 20.2 Å². The molecule has 0 bridgehead atoms. The molecule has 1 fully saturated rings. The summed E-state index contributed by atoms with van der Waals surface area (Å²) in [6, 6.07) is 0. The van der Waals surface area contributed by atoms with Gasteiger partial charge in [0.05, 0.1) is 6.54 Å². The topological polar surface area (TPSA) is 70.2 Å². The van der Waals surface area contributed by atoms with Crippen molar-refractivity contribution >= 4 is 6.09 Å². The van der Waals surface area contributed by atoms with Gasteiger partial charge in [-0.05, 0) is 39.5 Å². The van der Waals surface area contributed by atoms with Crippen LogP contribution in [0.1, 0.15) is 39.4 Å². The van der Waals surface area contributed by atoms with Gasteiger partial charge in [0.1, 0.15) is 11.4 Å². The van der Waals surface area contributed by atoms with Gasteiger partial charge < -0.3 is 19.9 Å². The number of carbonyl (C=O) groups excluding carboxylic acids is 1. The van der Waals surface area contributed by atoms with Crippen molar-refractivity contribution in [2.24, 2.45) is 5.92 Å². The Kier molecular flexibility index (Phi) is 5.22. The molecule has 0 aromatic carbocycles. The summed E-state index contributed by atoms with van der Waals surface area (Å²) in [5.41, 5.74) is -0.429. The second-order valence-electron chi connectivity index (χ2n) is 6.60. The highest BCUT2D eigenvalue weighted by molar-refractivity contribution is 5.68. The quantitative estimate of drug-likeness (QED) is 0.892. The van der Waals surface area contributed by atoms with Crippen molar-refractivity contribution in [1.29, 1.82) is 0 Å². The number of carbonyl (C=O) groups is 1. The number of ether oxygens (including phenoxy) is 1. The smallest absolute Gasteiger partial charge is 0.410 e. The lowest BCUT2D eigenvalue weighted by Crippen LogP contribution is -2.45. The Bertz CT molecular complexity index is 439. The van der Waals surface area contributed by atoms with Crippen molar-refractivity contribution < 1.29 is 9.53 Å². The van der Waals surface area contributed by atoms with Crippen LogP contribution in [0.15, 0.2) is 12.4 Å². The number of aromatic amines is 1. The minimum Gasteiger partial charge on any atom is -0.444 e. The number of nitrogens with zero attached hydrogens (tertiary/aromatic N) is 2. The van der Waals surface area contributed by atoms with Gasteiger partial charge in [0, 0.05) is 32.0 Å². The third-order valence-electron chi connectivity index (χ3n) is 3.45. The zero-order valence-electron chi connectivity index (χ0n) is 13.2. The van der Waals surface area contributed by atoms with Crippen molar-refractivity contribution in [3.05, 3.63) is 18.2 Å². The van der Waals surface area contributed by atoms with Crippen LogP contribution in [0.25, 0.3) is 0 Å². The molecule has 6 nitrogen and oxygen atoms in total. The summed E-state index contributed by atoms with van der Waals surface area (Å²) in [4.78, 5) is 21.2. The average molecular weight is 294 g/mol. The predicted octanol–water partition coefficient (Wildman–Crippen LogP) is 2.15. The summed E-state index contributed by atoms with van der Waals surface area (Å²) >= 11 is 0. The van der Waals surface area contributed by atoms with Gasteiger partial charge in [0.15, 0.2) is 0 Å². The van der Waals surface area contributed by atoms with Crippen LogP contribution < -0.4 is 5.32 Å². The van der Waals surface area contributed by atoms with Crippen LogP contribution in [0.2, 0.25) is 0 Å². The molecule has 0 radical (unpaired) electrons. The van der Waals surface area contributed by atoms with E-state index in [9.17, 15) is 4.79 Å². The summed E-state index contributed by atoms with van der Waals surface area (Å²) < 4.78 is 5.44. The minimum absolute atomic E-state index is 0.196. The molecule has 0 aliphatic carbocycles. The highest BCUT2D eigenvalue weighted by Crippen LogP contribution is 2.18. The molecule has 118 valence electrons. The van der Waals surface area contributed by atoms with Crippen molar-refractivity contribution in [2.75, 3.05) is 19.6 Å². The molecule has 1 aliphatic rings. The third-order valence-corrected chi connectivity index (χ3v) is 3.45. The maximum absolute atomic E-state index is 12.1. The largest absolute Gasteiger partial charge is 0.444 e. The number of rotatable bonds is 4. The molecule has 1 aromatic heterocycles. The highest BCUT2D eigenvalue weighted by Gasteiger charge is 2.27. The van der Waals surface area contributed by atoms with Gasteiger partial charge in [0.25, 0.3) is 0 Å². The number of nitrogens with one attached hydrogen (secondary N) is 2. The number of aromatic nitrogens is 2. The monoisotopic (exact) mass is 294 g/mol. The summed E-state index contributed by atoms with van der Waals surface area (Å²) in [7, 11) is 0. The first-order chi connectivity index (χ1) is 9.94. The van der Waals surface area contributed by atoms with Crippen LogP contribution >= 0.6 is 0 Å². The van der Waals surface area contributed by atoms with Gasteiger partial charge >= 0.3 is 6.09 Å². The van der Waals surface area contributed by atoms with Crippen molar-refractivity contribution in [2.45, 2.75) is 45.8 Å². The van der Waals surface area contributed by atoms with Gasteiger partial charge in [-0.1, -0.05) is 0 Å². The van der Waals surface area contributed by atoms with Crippen molar-refractivity contribution in [3.8, 4) is 0 Å². The molecule has 1 saturated heterocycles. The number of hydrogen-bond acceptors (Lipinski definition) is 4. The van der Waals surface area contributed by atoms with Crippen LogP contribution in [0.4, 0.5) is 4.79 Å². The SMILES string of the molecule is CC(C)(C)OC(=O)N1CCCC(CNCc2ncc[nH]2)C1. The average Bonchev–Trinajstić information content (AvgIpc) is 2.90. The van der Waals surface area contributed by atoms with Gasteiger partial charge in [-0.3, -0.25) is 0 Å². The van der Waals surface area contributed by atoms with E-state index in [-0.39, 0.29) is 6.09 Å². The molecule has 2 rings (SSSR count). The molecule has 21 heavy (non-hydrogen) atoms. The minimum atomic E-state index is -0.429. The zero-order valence-corrected chi connectivity index (χ0v) is 13.2. The van der Waals surface area contributed by atoms with E-state index in [2.05, 4.69) is 15.3 Å². The van der Waals surface area contributed by atoms with Crippen LogP contribution in [-0.4, -0.2) is 46.2 Å². The maximum atomic E-state index is 12.1. The van der Waals surface area contributed by atoms with Crippen molar-refractivity contribution in [3.63, 3.8) is 0 Å². The lowest BCUT2D eigenvalue weighted by atomic mass is 9.98. The molecule has 0 spiro atoms. The van der Waals surface area contributed by atoms with Gasteiger partial charge in [0.2, 0.25) is 0 Å². The summed E-state index contributed by atoms with van der Waals surface area (Å²) in [5, 5.41) is 3.39. The first kappa shape index (κ1) is 15.8. The van der Waals surface area contributed by atoms with E-state index in [4.69, 9.17) is 4.74 Å². The Morgan fingerprint density at radius 1 is 1.57 bits per heavy atom. The lowest BCUT2D eigenvalue weighted by molar-refractivity contribution is 0.0166. The van der Waals surface area contributed by atoms with Gasteiger partial charge in [-0.25, -0.2) is 9.78 Å². The van der Waals surface area contributed by atoms with Gasteiger partial charge in [-0.2, -0.15) is 0 Å². The van der Waals surface area contributed by atoms with Crippen LogP contribution in [0.3, 0.4) is 0 Å². The predicted molar refractivity (Wildman–Crippen MR) is 80.8 cm³/mol. The van der Waals surface area contributed by atoms with Crippen LogP contribution in [0, 0.1) is 5.92 Å².